The summed E-state index contributed by atoms with van der Waals surface area (Å²) in [6.45, 7) is 1.96. The molecule has 0 bridgehead atoms. The molecule has 2 aromatic rings. The van der Waals surface area contributed by atoms with Crippen LogP contribution in [-0.4, -0.2) is 10.8 Å². The Bertz CT molecular complexity index is 672. The molecule has 0 aliphatic heterocycles. The summed E-state index contributed by atoms with van der Waals surface area (Å²) in [5, 5.41) is 5.37. The van der Waals surface area contributed by atoms with E-state index in [1.165, 1.54) is 10.5 Å². The SMILES string of the molecule is CC(C[C@@H](Sc1ccc(Cl)cc1)c1ccccc1)=NNC(N)=S. The number of hydrazone groups is 1. The molecule has 23 heavy (non-hydrogen) atoms. The molecule has 0 amide bonds. The van der Waals surface area contributed by atoms with Crippen LogP contribution < -0.4 is 11.2 Å². The van der Waals surface area contributed by atoms with Crippen LogP contribution in [0.1, 0.15) is 24.2 Å². The maximum atomic E-state index is 5.96. The predicted molar refractivity (Wildman–Crippen MR) is 104 cm³/mol. The van der Waals surface area contributed by atoms with E-state index >= 15 is 0 Å². The lowest BCUT2D eigenvalue weighted by Crippen LogP contribution is -2.25. The molecule has 3 N–H and O–H groups in total. The second kappa shape index (κ2) is 8.91. The second-order valence-corrected chi connectivity index (χ2v) is 7.15. The largest absolute Gasteiger partial charge is 0.375 e. The molecule has 0 unspecified atom stereocenters. The van der Waals surface area contributed by atoms with Crippen LogP contribution in [0.3, 0.4) is 0 Å². The van der Waals surface area contributed by atoms with E-state index in [0.29, 0.717) is 0 Å². The summed E-state index contributed by atoms with van der Waals surface area (Å²) in [7, 11) is 0. The van der Waals surface area contributed by atoms with Gasteiger partial charge in [-0.1, -0.05) is 41.9 Å². The van der Waals surface area contributed by atoms with E-state index in [0.717, 1.165) is 17.2 Å². The molecule has 2 aromatic carbocycles. The van der Waals surface area contributed by atoms with Gasteiger partial charge in [-0.25, -0.2) is 0 Å². The molecule has 0 aliphatic rings. The van der Waals surface area contributed by atoms with Crippen LogP contribution in [0.15, 0.2) is 64.6 Å². The van der Waals surface area contributed by atoms with Crippen LogP contribution in [0, 0.1) is 0 Å². The van der Waals surface area contributed by atoms with Crippen molar-refractivity contribution in [2.24, 2.45) is 10.8 Å². The van der Waals surface area contributed by atoms with Crippen molar-refractivity contribution >= 4 is 46.4 Å². The molecular formula is C17H18ClN3S2. The van der Waals surface area contributed by atoms with Crippen molar-refractivity contribution in [2.75, 3.05) is 0 Å². The number of thiocarbonyl (C=S) groups is 1. The van der Waals surface area contributed by atoms with Crippen molar-refractivity contribution in [1.29, 1.82) is 0 Å². The maximum absolute atomic E-state index is 5.96. The molecule has 0 spiro atoms. The van der Waals surface area contributed by atoms with E-state index in [9.17, 15) is 0 Å². The van der Waals surface area contributed by atoms with Crippen molar-refractivity contribution in [1.82, 2.24) is 5.43 Å². The van der Waals surface area contributed by atoms with Crippen LogP contribution in [0.2, 0.25) is 5.02 Å². The van der Waals surface area contributed by atoms with Gasteiger partial charge in [-0.05, 0) is 49.0 Å². The number of rotatable bonds is 6. The monoisotopic (exact) mass is 363 g/mol. The van der Waals surface area contributed by atoms with Crippen LogP contribution in [0.25, 0.3) is 0 Å². The van der Waals surface area contributed by atoms with Gasteiger partial charge >= 0.3 is 0 Å². The second-order valence-electron chi connectivity index (χ2n) is 5.00. The highest BCUT2D eigenvalue weighted by molar-refractivity contribution is 7.99. The summed E-state index contributed by atoms with van der Waals surface area (Å²) in [5.41, 5.74) is 10.2. The van der Waals surface area contributed by atoms with Crippen LogP contribution in [-0.2, 0) is 0 Å². The van der Waals surface area contributed by atoms with E-state index in [-0.39, 0.29) is 10.4 Å². The first kappa shape index (κ1) is 17.8. The van der Waals surface area contributed by atoms with E-state index in [1.807, 2.05) is 49.4 Å². The molecule has 0 radical (unpaired) electrons. The zero-order valence-corrected chi connectivity index (χ0v) is 15.1. The van der Waals surface area contributed by atoms with Crippen molar-refractivity contribution in [3.05, 3.63) is 65.2 Å². The lowest BCUT2D eigenvalue weighted by molar-refractivity contribution is 0.952. The fraction of sp³-hybridized carbons (Fsp3) is 0.176. The van der Waals surface area contributed by atoms with E-state index in [1.54, 1.807) is 11.8 Å². The van der Waals surface area contributed by atoms with Gasteiger partial charge in [0.15, 0.2) is 5.11 Å². The summed E-state index contributed by atoms with van der Waals surface area (Å²) in [5.74, 6) is 0. The molecule has 0 aromatic heterocycles. The van der Waals surface area contributed by atoms with Crippen LogP contribution in [0.4, 0.5) is 0 Å². The van der Waals surface area contributed by atoms with E-state index in [4.69, 9.17) is 29.6 Å². The van der Waals surface area contributed by atoms with Gasteiger partial charge in [0.25, 0.3) is 0 Å². The van der Waals surface area contributed by atoms with Crippen molar-refractivity contribution in [3.63, 3.8) is 0 Å². The van der Waals surface area contributed by atoms with Gasteiger partial charge in [0.05, 0.1) is 0 Å². The fourth-order valence-corrected chi connectivity index (χ4v) is 3.45. The number of thioether (sulfide) groups is 1. The minimum atomic E-state index is 0.172. The molecule has 120 valence electrons. The number of nitrogens with zero attached hydrogens (tertiary/aromatic N) is 1. The minimum Gasteiger partial charge on any atom is -0.375 e. The zero-order chi connectivity index (χ0) is 16.7. The van der Waals surface area contributed by atoms with Crippen molar-refractivity contribution in [3.8, 4) is 0 Å². The Morgan fingerprint density at radius 1 is 1.22 bits per heavy atom. The quantitative estimate of drug-likeness (QED) is 0.336. The molecule has 3 nitrogen and oxygen atoms in total. The highest BCUT2D eigenvalue weighted by atomic mass is 35.5. The summed E-state index contributed by atoms with van der Waals surface area (Å²) in [6, 6.07) is 18.2. The predicted octanol–water partition coefficient (Wildman–Crippen LogP) is 4.77. The van der Waals surface area contributed by atoms with Crippen LogP contribution in [0.5, 0.6) is 0 Å². The molecule has 0 fully saturated rings. The first-order valence-corrected chi connectivity index (χ1v) is 8.77. The van der Waals surface area contributed by atoms with E-state index in [2.05, 4.69) is 22.7 Å². The Balaban J connectivity index is 2.17. The summed E-state index contributed by atoms with van der Waals surface area (Å²) < 4.78 is 0. The molecule has 0 aliphatic carbocycles. The van der Waals surface area contributed by atoms with Gasteiger partial charge in [0, 0.05) is 27.3 Å². The molecule has 0 heterocycles. The first-order chi connectivity index (χ1) is 11.0. The summed E-state index contributed by atoms with van der Waals surface area (Å²) in [6.07, 6.45) is 0.785. The average molecular weight is 364 g/mol. The standard InChI is InChI=1S/C17H18ClN3S2/c1-12(20-21-17(19)22)11-16(13-5-3-2-4-6-13)23-15-9-7-14(18)8-10-15/h2-10,16H,11H2,1H3,(H3,19,21,22)/t16-/m1/s1. The van der Waals surface area contributed by atoms with Gasteiger partial charge in [-0.3, -0.25) is 5.43 Å². The zero-order valence-electron chi connectivity index (χ0n) is 12.7. The number of benzene rings is 2. The topological polar surface area (TPSA) is 50.4 Å². The lowest BCUT2D eigenvalue weighted by atomic mass is 10.1. The molecule has 1 atom stereocenters. The number of nitrogens with two attached hydrogens (primary N) is 1. The summed E-state index contributed by atoms with van der Waals surface area (Å²) in [4.78, 5) is 1.17. The Kier molecular flexibility index (Phi) is 6.89. The lowest BCUT2D eigenvalue weighted by Gasteiger charge is -2.17. The average Bonchev–Trinajstić information content (AvgIpc) is 2.55. The van der Waals surface area contributed by atoms with Gasteiger partial charge in [-0.2, -0.15) is 5.10 Å². The van der Waals surface area contributed by atoms with Gasteiger partial charge in [0.2, 0.25) is 0 Å². The first-order valence-electron chi connectivity index (χ1n) is 7.10. The molecule has 0 saturated carbocycles. The number of halogens is 1. The van der Waals surface area contributed by atoms with Gasteiger partial charge in [0.1, 0.15) is 0 Å². The molecule has 0 saturated heterocycles. The number of nitrogens with one attached hydrogen (secondary N) is 1. The van der Waals surface area contributed by atoms with Crippen LogP contribution >= 0.6 is 35.6 Å². The Morgan fingerprint density at radius 3 is 2.48 bits per heavy atom. The normalized spacial score (nSPS) is 12.7. The van der Waals surface area contributed by atoms with Crippen molar-refractivity contribution in [2.45, 2.75) is 23.5 Å². The highest BCUT2D eigenvalue weighted by Gasteiger charge is 2.14. The maximum Gasteiger partial charge on any atom is 0.184 e. The molecule has 6 heteroatoms. The third kappa shape index (κ3) is 6.22. The smallest absolute Gasteiger partial charge is 0.184 e. The Hall–Kier alpha value is -1.56. The molecule has 2 rings (SSSR count). The highest BCUT2D eigenvalue weighted by Crippen LogP contribution is 2.38. The van der Waals surface area contributed by atoms with E-state index < -0.39 is 0 Å². The molecular weight excluding hydrogens is 346 g/mol. The third-order valence-electron chi connectivity index (χ3n) is 3.10. The summed E-state index contributed by atoms with van der Waals surface area (Å²) >= 11 is 12.5. The number of hydrogen-bond acceptors (Lipinski definition) is 3. The third-order valence-corrected chi connectivity index (χ3v) is 4.71. The number of hydrogen-bond donors (Lipinski definition) is 2. The van der Waals surface area contributed by atoms with Crippen molar-refractivity contribution < 1.29 is 0 Å². The Morgan fingerprint density at radius 2 is 1.87 bits per heavy atom. The van der Waals surface area contributed by atoms with Gasteiger partial charge < -0.3 is 5.73 Å². The fourth-order valence-electron chi connectivity index (χ4n) is 2.04. The Labute approximate surface area is 151 Å². The minimum absolute atomic E-state index is 0.172. The van der Waals surface area contributed by atoms with Gasteiger partial charge in [-0.15, -0.1) is 11.8 Å².